The van der Waals surface area contributed by atoms with Crippen LogP contribution in [0.2, 0.25) is 5.02 Å². The van der Waals surface area contributed by atoms with Crippen molar-refractivity contribution in [3.63, 3.8) is 0 Å². The van der Waals surface area contributed by atoms with Crippen LogP contribution in [0.5, 0.6) is 0 Å². The minimum absolute atomic E-state index is 0.0248. The minimum Gasteiger partial charge on any atom is -0.334 e. The molecule has 3 heterocycles. The second-order valence-electron chi connectivity index (χ2n) is 9.26. The number of rotatable bonds is 5. The number of hydrogen-bond donors (Lipinski definition) is 0. The number of benzene rings is 2. The molecule has 1 amide bonds. The first-order chi connectivity index (χ1) is 18.2. The van der Waals surface area contributed by atoms with Gasteiger partial charge in [-0.15, -0.1) is 5.10 Å². The monoisotopic (exact) mass is 599 g/mol. The normalized spacial score (nSPS) is 18.1. The lowest BCUT2D eigenvalue weighted by Gasteiger charge is -2.44. The lowest BCUT2D eigenvalue weighted by atomic mass is 10.1. The molecule has 1 aliphatic heterocycles. The van der Waals surface area contributed by atoms with Gasteiger partial charge in [0, 0.05) is 53.5 Å². The fourth-order valence-electron chi connectivity index (χ4n) is 4.65. The maximum absolute atomic E-state index is 14.3. The first-order valence-electron chi connectivity index (χ1n) is 12.0. The number of halogens is 3. The average Bonchev–Trinajstić information content (AvgIpc) is 3.36. The molecule has 0 bridgehead atoms. The topological polar surface area (TPSA) is 89.2 Å². The molecule has 1 fully saturated rings. The van der Waals surface area contributed by atoms with Gasteiger partial charge in [0.1, 0.15) is 11.5 Å². The number of carbonyl (C=O) groups is 1. The molecule has 12 heteroatoms. The Morgan fingerprint density at radius 1 is 1.08 bits per heavy atom. The molecule has 4 aromatic rings. The van der Waals surface area contributed by atoms with Gasteiger partial charge in [0.25, 0.3) is 5.91 Å². The van der Waals surface area contributed by atoms with Crippen LogP contribution in [-0.4, -0.2) is 65.7 Å². The number of aromatic nitrogens is 5. The maximum Gasteiger partial charge on any atom is 0.278 e. The van der Waals surface area contributed by atoms with Gasteiger partial charge in [-0.3, -0.25) is 14.5 Å². The molecule has 0 aliphatic carbocycles. The molecule has 38 heavy (non-hydrogen) atoms. The second kappa shape index (κ2) is 10.8. The van der Waals surface area contributed by atoms with Crippen LogP contribution < -0.4 is 5.43 Å². The predicted octanol–water partition coefficient (Wildman–Crippen LogP) is 4.10. The molecular formula is C26H24BrClFN7O2. The molecule has 0 spiro atoms. The zero-order valence-corrected chi connectivity index (χ0v) is 23.0. The van der Waals surface area contributed by atoms with Crippen molar-refractivity contribution < 1.29 is 9.18 Å². The number of carbonyl (C=O) groups excluding carboxylic acids is 1. The van der Waals surface area contributed by atoms with Crippen molar-refractivity contribution >= 4 is 33.4 Å². The summed E-state index contributed by atoms with van der Waals surface area (Å²) in [7, 11) is 0. The van der Waals surface area contributed by atoms with Crippen molar-refractivity contribution in [2.75, 3.05) is 13.1 Å². The zero-order valence-electron chi connectivity index (χ0n) is 20.6. The van der Waals surface area contributed by atoms with Crippen LogP contribution in [0.4, 0.5) is 4.39 Å². The lowest BCUT2D eigenvalue weighted by molar-refractivity contribution is 0.0258. The van der Waals surface area contributed by atoms with E-state index >= 15 is 0 Å². The molecule has 0 saturated carbocycles. The van der Waals surface area contributed by atoms with Crippen molar-refractivity contribution in [2.45, 2.75) is 32.5 Å². The summed E-state index contributed by atoms with van der Waals surface area (Å²) < 4.78 is 18.0. The lowest BCUT2D eigenvalue weighted by Crippen LogP contribution is -2.58. The van der Waals surface area contributed by atoms with Gasteiger partial charge < -0.3 is 4.90 Å². The molecule has 1 saturated heterocycles. The van der Waals surface area contributed by atoms with E-state index in [1.807, 2.05) is 26.1 Å². The van der Waals surface area contributed by atoms with Crippen molar-refractivity contribution in [3.8, 4) is 11.4 Å². The Kier molecular flexibility index (Phi) is 7.42. The van der Waals surface area contributed by atoms with Gasteiger partial charge >= 0.3 is 0 Å². The molecule has 0 unspecified atom stereocenters. The highest BCUT2D eigenvalue weighted by molar-refractivity contribution is 9.10. The van der Waals surface area contributed by atoms with Gasteiger partial charge in [-0.25, -0.2) is 13.8 Å². The molecule has 0 N–H and O–H groups in total. The molecule has 9 nitrogen and oxygen atoms in total. The van der Waals surface area contributed by atoms with E-state index < -0.39 is 17.2 Å². The van der Waals surface area contributed by atoms with Crippen molar-refractivity contribution in [1.82, 2.24) is 34.6 Å². The van der Waals surface area contributed by atoms with E-state index in [0.717, 1.165) is 15.9 Å². The van der Waals surface area contributed by atoms with Gasteiger partial charge in [-0.05, 0) is 60.1 Å². The van der Waals surface area contributed by atoms with E-state index in [0.29, 0.717) is 24.7 Å². The summed E-state index contributed by atoms with van der Waals surface area (Å²) in [4.78, 5) is 29.8. The molecule has 2 aromatic carbocycles. The van der Waals surface area contributed by atoms with Gasteiger partial charge in [-0.1, -0.05) is 28.9 Å². The van der Waals surface area contributed by atoms with Crippen LogP contribution in [0.25, 0.3) is 11.4 Å². The third-order valence-electron chi connectivity index (χ3n) is 6.54. The molecule has 2 atom stereocenters. The van der Waals surface area contributed by atoms with Crippen LogP contribution in [0.1, 0.15) is 30.0 Å². The highest BCUT2D eigenvalue weighted by atomic mass is 79.9. The number of hydrogen-bond acceptors (Lipinski definition) is 6. The maximum atomic E-state index is 14.3. The molecular weight excluding hydrogens is 577 g/mol. The summed E-state index contributed by atoms with van der Waals surface area (Å²) in [6.45, 7) is 5.36. The molecule has 0 radical (unpaired) electrons. The highest BCUT2D eigenvalue weighted by Gasteiger charge is 2.34. The van der Waals surface area contributed by atoms with Gasteiger partial charge in [0.2, 0.25) is 5.43 Å². The third kappa shape index (κ3) is 5.27. The average molecular weight is 601 g/mol. The molecule has 2 aromatic heterocycles. The van der Waals surface area contributed by atoms with Gasteiger partial charge in [0.15, 0.2) is 5.69 Å². The zero-order chi connectivity index (χ0) is 27.0. The number of piperazine rings is 1. The predicted molar refractivity (Wildman–Crippen MR) is 144 cm³/mol. The first-order valence-corrected chi connectivity index (χ1v) is 13.1. The van der Waals surface area contributed by atoms with Crippen molar-refractivity contribution in [2.24, 2.45) is 0 Å². The minimum atomic E-state index is -0.505. The number of nitrogens with zero attached hydrogens (tertiary/aromatic N) is 7. The summed E-state index contributed by atoms with van der Waals surface area (Å²) in [6, 6.07) is 12.7. The van der Waals surface area contributed by atoms with Gasteiger partial charge in [-0.2, -0.15) is 5.10 Å². The van der Waals surface area contributed by atoms with Crippen LogP contribution in [0.3, 0.4) is 0 Å². The Balaban J connectivity index is 1.31. The number of amides is 1. The fourth-order valence-corrected chi connectivity index (χ4v) is 5.24. The van der Waals surface area contributed by atoms with E-state index in [2.05, 4.69) is 36.2 Å². The third-order valence-corrected chi connectivity index (χ3v) is 7.44. The van der Waals surface area contributed by atoms with E-state index in [1.54, 1.807) is 33.8 Å². The van der Waals surface area contributed by atoms with E-state index in [-0.39, 0.29) is 23.5 Å². The van der Waals surface area contributed by atoms with Crippen molar-refractivity contribution in [1.29, 1.82) is 0 Å². The molecule has 5 rings (SSSR count). The quantitative estimate of drug-likeness (QED) is 0.343. The van der Waals surface area contributed by atoms with Gasteiger partial charge in [0.05, 0.1) is 17.6 Å². The second-order valence-corrected chi connectivity index (χ2v) is 10.5. The van der Waals surface area contributed by atoms with Crippen LogP contribution in [0.15, 0.2) is 70.2 Å². The summed E-state index contributed by atoms with van der Waals surface area (Å²) in [5.74, 6) is -0.978. The Morgan fingerprint density at radius 3 is 2.55 bits per heavy atom. The summed E-state index contributed by atoms with van der Waals surface area (Å²) in [5.41, 5.74) is 0.968. The molecule has 1 aliphatic rings. The first kappa shape index (κ1) is 26.2. The SMILES string of the molecule is C[C@@H]1CN(C(=O)c2nn(-c3ccccc3F)ccc2=O)C[C@H](C)N1Cc1cn(-c2cc(Cl)ccc2Br)nn1. The largest absolute Gasteiger partial charge is 0.334 e. The van der Waals surface area contributed by atoms with Crippen molar-refractivity contribution in [3.05, 3.63) is 97.8 Å². The Morgan fingerprint density at radius 2 is 1.82 bits per heavy atom. The fraction of sp³-hybridized carbons (Fsp3) is 0.269. The summed E-state index contributed by atoms with van der Waals surface area (Å²) >= 11 is 9.66. The van der Waals surface area contributed by atoms with E-state index in [4.69, 9.17) is 11.6 Å². The smallest absolute Gasteiger partial charge is 0.278 e. The Bertz CT molecular complexity index is 1550. The van der Waals surface area contributed by atoms with Crippen LogP contribution >= 0.6 is 27.5 Å². The molecule has 196 valence electrons. The van der Waals surface area contributed by atoms with E-state index in [1.165, 1.54) is 29.1 Å². The Hall–Kier alpha value is -3.41. The van der Waals surface area contributed by atoms with Crippen LogP contribution in [0, 0.1) is 5.82 Å². The summed E-state index contributed by atoms with van der Waals surface area (Å²) in [5, 5.41) is 13.4. The van der Waals surface area contributed by atoms with E-state index in [9.17, 15) is 14.0 Å². The highest BCUT2D eigenvalue weighted by Crippen LogP contribution is 2.25. The van der Waals surface area contributed by atoms with Crippen LogP contribution in [-0.2, 0) is 6.54 Å². The summed E-state index contributed by atoms with van der Waals surface area (Å²) in [6.07, 6.45) is 3.21. The Labute approximate surface area is 231 Å². The number of para-hydroxylation sites is 1. The standard InChI is InChI=1S/C26H24BrClFN7O2/c1-16-12-33(26(38)25-24(37)9-10-35(31-25)22-6-4-3-5-21(22)29)13-17(2)34(16)14-19-15-36(32-30-19)23-11-18(28)7-8-20(23)27/h3-11,15-17H,12-14H2,1-2H3/t16-,17+.